The van der Waals surface area contributed by atoms with Crippen molar-refractivity contribution >= 4 is 22.9 Å². The lowest BCUT2D eigenvalue weighted by atomic mass is 10.2. The van der Waals surface area contributed by atoms with Gasteiger partial charge in [0, 0.05) is 17.6 Å². The Balaban J connectivity index is 1.95. The van der Waals surface area contributed by atoms with Gasteiger partial charge in [0.25, 0.3) is 0 Å². The van der Waals surface area contributed by atoms with E-state index < -0.39 is 0 Å². The number of hydrogen-bond donors (Lipinski definition) is 1. The number of thiophene rings is 1. The number of nitrogens with one attached hydrogen (secondary N) is 1. The van der Waals surface area contributed by atoms with Crippen molar-refractivity contribution in [3.63, 3.8) is 0 Å². The van der Waals surface area contributed by atoms with Gasteiger partial charge in [-0.3, -0.25) is 4.68 Å². The first-order valence-corrected chi connectivity index (χ1v) is 7.30. The van der Waals surface area contributed by atoms with Crippen LogP contribution in [0.1, 0.15) is 24.4 Å². The molecular formula is C13H18ClN3S. The largest absolute Gasteiger partial charge is 0.311 e. The fourth-order valence-corrected chi connectivity index (χ4v) is 2.80. The van der Waals surface area contributed by atoms with Crippen molar-refractivity contribution in [2.45, 2.75) is 26.9 Å². The van der Waals surface area contributed by atoms with Crippen LogP contribution in [-0.2, 0) is 13.1 Å². The summed E-state index contributed by atoms with van der Waals surface area (Å²) in [6.07, 6.45) is 1.85. The van der Waals surface area contributed by atoms with Crippen LogP contribution in [0.4, 0.5) is 0 Å². The standard InChI is InChI=1S/C13H18ClN3S/c1-10(2)7-15-8-11-5-6-16-17(11)9-12-3-4-13(14)18-12/h3-6,10,15H,7-9H2,1-2H3. The molecule has 0 atom stereocenters. The summed E-state index contributed by atoms with van der Waals surface area (Å²) in [5, 5.41) is 7.79. The van der Waals surface area contributed by atoms with E-state index in [4.69, 9.17) is 11.6 Å². The third kappa shape index (κ3) is 3.83. The molecule has 0 saturated heterocycles. The summed E-state index contributed by atoms with van der Waals surface area (Å²) in [7, 11) is 0. The minimum absolute atomic E-state index is 0.664. The van der Waals surface area contributed by atoms with Gasteiger partial charge in [0.15, 0.2) is 0 Å². The zero-order valence-electron chi connectivity index (χ0n) is 10.7. The Bertz CT molecular complexity index is 490. The first kappa shape index (κ1) is 13.6. The van der Waals surface area contributed by atoms with Gasteiger partial charge in [0.1, 0.15) is 0 Å². The Morgan fingerprint density at radius 3 is 2.89 bits per heavy atom. The van der Waals surface area contributed by atoms with E-state index in [9.17, 15) is 0 Å². The smallest absolute Gasteiger partial charge is 0.0931 e. The quantitative estimate of drug-likeness (QED) is 0.881. The molecule has 0 bridgehead atoms. The van der Waals surface area contributed by atoms with Gasteiger partial charge in [-0.2, -0.15) is 5.10 Å². The van der Waals surface area contributed by atoms with Crippen molar-refractivity contribution in [1.82, 2.24) is 15.1 Å². The highest BCUT2D eigenvalue weighted by atomic mass is 35.5. The third-order valence-corrected chi connectivity index (χ3v) is 3.81. The van der Waals surface area contributed by atoms with Gasteiger partial charge < -0.3 is 5.32 Å². The zero-order chi connectivity index (χ0) is 13.0. The molecule has 0 fully saturated rings. The number of aromatic nitrogens is 2. The van der Waals surface area contributed by atoms with Crippen molar-refractivity contribution in [3.8, 4) is 0 Å². The molecule has 0 amide bonds. The first-order chi connectivity index (χ1) is 8.65. The molecule has 0 radical (unpaired) electrons. The van der Waals surface area contributed by atoms with Gasteiger partial charge in [-0.05, 0) is 30.7 Å². The Kier molecular flexibility index (Phi) is 4.80. The molecule has 1 N–H and O–H groups in total. The monoisotopic (exact) mass is 283 g/mol. The molecule has 0 aliphatic rings. The van der Waals surface area contributed by atoms with Crippen LogP contribution in [0, 0.1) is 5.92 Å². The van der Waals surface area contributed by atoms with E-state index in [1.54, 1.807) is 11.3 Å². The molecule has 0 unspecified atom stereocenters. The Labute approximate surface area is 117 Å². The summed E-state index contributed by atoms with van der Waals surface area (Å²) in [5.74, 6) is 0.664. The number of hydrogen-bond acceptors (Lipinski definition) is 3. The molecule has 18 heavy (non-hydrogen) atoms. The van der Waals surface area contributed by atoms with Gasteiger partial charge >= 0.3 is 0 Å². The summed E-state index contributed by atoms with van der Waals surface area (Å²) in [6, 6.07) is 6.05. The zero-order valence-corrected chi connectivity index (χ0v) is 12.3. The molecule has 2 aromatic heterocycles. The maximum atomic E-state index is 5.94. The van der Waals surface area contributed by atoms with E-state index in [-0.39, 0.29) is 0 Å². The molecular weight excluding hydrogens is 266 g/mol. The molecule has 0 spiro atoms. The summed E-state index contributed by atoms with van der Waals surface area (Å²) in [6.45, 7) is 7.09. The number of rotatable bonds is 6. The minimum Gasteiger partial charge on any atom is -0.311 e. The van der Waals surface area contributed by atoms with Crippen molar-refractivity contribution in [2.24, 2.45) is 5.92 Å². The molecule has 2 heterocycles. The fourth-order valence-electron chi connectivity index (χ4n) is 1.73. The second-order valence-electron chi connectivity index (χ2n) is 4.71. The molecule has 3 nitrogen and oxygen atoms in total. The number of nitrogens with zero attached hydrogens (tertiary/aromatic N) is 2. The molecule has 0 aromatic carbocycles. The summed E-state index contributed by atoms with van der Waals surface area (Å²) in [4.78, 5) is 1.23. The average Bonchev–Trinajstić information content (AvgIpc) is 2.89. The first-order valence-electron chi connectivity index (χ1n) is 6.11. The van der Waals surface area contributed by atoms with Gasteiger partial charge in [0.2, 0.25) is 0 Å². The van der Waals surface area contributed by atoms with E-state index in [1.165, 1.54) is 10.6 Å². The van der Waals surface area contributed by atoms with E-state index in [0.29, 0.717) is 5.92 Å². The maximum Gasteiger partial charge on any atom is 0.0931 e. The Morgan fingerprint density at radius 1 is 1.39 bits per heavy atom. The Hall–Kier alpha value is -0.840. The van der Waals surface area contributed by atoms with Crippen LogP contribution in [-0.4, -0.2) is 16.3 Å². The predicted molar refractivity (Wildman–Crippen MR) is 77.2 cm³/mol. The second-order valence-corrected chi connectivity index (χ2v) is 6.51. The lowest BCUT2D eigenvalue weighted by Crippen LogP contribution is -2.21. The molecule has 2 aromatic rings. The summed E-state index contributed by atoms with van der Waals surface area (Å²) in [5.41, 5.74) is 1.21. The van der Waals surface area contributed by atoms with Crippen LogP contribution >= 0.6 is 22.9 Å². The number of halogens is 1. The molecule has 0 aliphatic carbocycles. The SMILES string of the molecule is CC(C)CNCc1ccnn1Cc1ccc(Cl)s1. The normalized spacial score (nSPS) is 11.3. The highest BCUT2D eigenvalue weighted by Gasteiger charge is 2.05. The van der Waals surface area contributed by atoms with E-state index in [0.717, 1.165) is 24.0 Å². The van der Waals surface area contributed by atoms with Crippen molar-refractivity contribution < 1.29 is 0 Å². The van der Waals surface area contributed by atoms with Gasteiger partial charge in [-0.1, -0.05) is 25.4 Å². The van der Waals surface area contributed by atoms with Crippen LogP contribution < -0.4 is 5.32 Å². The predicted octanol–water partition coefficient (Wildman–Crippen LogP) is 3.39. The Morgan fingerprint density at radius 2 is 2.22 bits per heavy atom. The van der Waals surface area contributed by atoms with E-state index >= 15 is 0 Å². The van der Waals surface area contributed by atoms with E-state index in [2.05, 4.69) is 36.4 Å². The van der Waals surface area contributed by atoms with Crippen molar-refractivity contribution in [1.29, 1.82) is 0 Å². The van der Waals surface area contributed by atoms with Crippen molar-refractivity contribution in [3.05, 3.63) is 39.3 Å². The van der Waals surface area contributed by atoms with Crippen LogP contribution in [0.15, 0.2) is 24.4 Å². The lowest BCUT2D eigenvalue weighted by Gasteiger charge is -2.09. The van der Waals surface area contributed by atoms with Gasteiger partial charge in [-0.15, -0.1) is 11.3 Å². The van der Waals surface area contributed by atoms with Crippen LogP contribution in [0.25, 0.3) is 0 Å². The molecule has 0 saturated carbocycles. The van der Waals surface area contributed by atoms with Crippen molar-refractivity contribution in [2.75, 3.05) is 6.54 Å². The average molecular weight is 284 g/mol. The highest BCUT2D eigenvalue weighted by Crippen LogP contribution is 2.22. The molecule has 0 aliphatic heterocycles. The summed E-state index contributed by atoms with van der Waals surface area (Å²) < 4.78 is 2.85. The maximum absolute atomic E-state index is 5.94. The second kappa shape index (κ2) is 6.36. The topological polar surface area (TPSA) is 29.9 Å². The third-order valence-electron chi connectivity index (χ3n) is 2.60. The molecule has 98 valence electrons. The lowest BCUT2D eigenvalue weighted by molar-refractivity contribution is 0.530. The highest BCUT2D eigenvalue weighted by molar-refractivity contribution is 7.16. The van der Waals surface area contributed by atoms with Gasteiger partial charge in [0.05, 0.1) is 16.6 Å². The summed E-state index contributed by atoms with van der Waals surface area (Å²) >= 11 is 7.54. The molecule has 2 rings (SSSR count). The van der Waals surface area contributed by atoms with Gasteiger partial charge in [-0.25, -0.2) is 0 Å². The van der Waals surface area contributed by atoms with Crippen LogP contribution in [0.3, 0.4) is 0 Å². The van der Waals surface area contributed by atoms with Crippen LogP contribution in [0.5, 0.6) is 0 Å². The van der Waals surface area contributed by atoms with E-state index in [1.807, 2.05) is 16.9 Å². The fraction of sp³-hybridized carbons (Fsp3) is 0.462. The minimum atomic E-state index is 0.664. The molecule has 5 heteroatoms. The van der Waals surface area contributed by atoms with Crippen LogP contribution in [0.2, 0.25) is 4.34 Å².